The van der Waals surface area contributed by atoms with Gasteiger partial charge in [0.15, 0.2) is 6.61 Å². The molecule has 1 aliphatic rings. The summed E-state index contributed by atoms with van der Waals surface area (Å²) in [6.45, 7) is 0.646. The highest BCUT2D eigenvalue weighted by molar-refractivity contribution is 6.35. The van der Waals surface area contributed by atoms with Crippen LogP contribution in [0.15, 0.2) is 22.7 Å². The smallest absolute Gasteiger partial charge is 0.255 e. The van der Waals surface area contributed by atoms with Gasteiger partial charge in [-0.05, 0) is 31.0 Å². The topological polar surface area (TPSA) is 83.4 Å². The number of rotatable bonds is 5. The van der Waals surface area contributed by atoms with Crippen molar-refractivity contribution in [3.63, 3.8) is 0 Å². The van der Waals surface area contributed by atoms with Gasteiger partial charge in [0.25, 0.3) is 5.89 Å². The number of halogens is 3. The zero-order valence-corrected chi connectivity index (χ0v) is 14.4. The van der Waals surface area contributed by atoms with E-state index in [1.807, 2.05) is 0 Å². The van der Waals surface area contributed by atoms with E-state index in [1.165, 1.54) is 0 Å². The van der Waals surface area contributed by atoms with Gasteiger partial charge in [-0.2, -0.15) is 4.98 Å². The van der Waals surface area contributed by atoms with Gasteiger partial charge in [0.2, 0.25) is 5.82 Å². The van der Waals surface area contributed by atoms with Crippen molar-refractivity contribution in [1.82, 2.24) is 10.1 Å². The fraction of sp³-hybridized carbons (Fsp3) is 0.429. The van der Waals surface area contributed by atoms with Gasteiger partial charge in [-0.15, -0.1) is 12.4 Å². The van der Waals surface area contributed by atoms with E-state index < -0.39 is 0 Å². The van der Waals surface area contributed by atoms with E-state index in [0.29, 0.717) is 34.1 Å². The van der Waals surface area contributed by atoms with Crippen molar-refractivity contribution < 1.29 is 14.0 Å². The largest absolute Gasteiger partial charge is 0.484 e. The number of nitrogens with zero attached hydrogens (tertiary/aromatic N) is 2. The molecular formula is C14H16Cl3N3O3. The van der Waals surface area contributed by atoms with Crippen molar-refractivity contribution in [3.8, 4) is 5.75 Å². The van der Waals surface area contributed by atoms with E-state index in [0.717, 1.165) is 12.8 Å². The normalized spacial score (nSPS) is 20.3. The summed E-state index contributed by atoms with van der Waals surface area (Å²) in [5.74, 6) is 1.40. The van der Waals surface area contributed by atoms with E-state index in [1.54, 1.807) is 18.2 Å². The molecule has 23 heavy (non-hydrogen) atoms. The monoisotopic (exact) mass is 379 g/mol. The third-order valence-corrected chi connectivity index (χ3v) is 3.91. The average Bonchev–Trinajstić information content (AvgIpc) is 3.15. The van der Waals surface area contributed by atoms with Crippen LogP contribution in [0.2, 0.25) is 10.0 Å². The molecule has 1 aromatic heterocycles. The number of nitrogens with two attached hydrogens (primary N) is 1. The Bertz CT molecular complexity index is 653. The Kier molecular flexibility index (Phi) is 6.50. The quantitative estimate of drug-likeness (QED) is 0.854. The number of ether oxygens (including phenoxy) is 2. The Morgan fingerprint density at radius 1 is 1.30 bits per heavy atom. The molecule has 3 rings (SSSR count). The average molecular weight is 381 g/mol. The van der Waals surface area contributed by atoms with Gasteiger partial charge in [-0.3, -0.25) is 0 Å². The molecule has 2 aromatic rings. The van der Waals surface area contributed by atoms with Crippen LogP contribution in [0.3, 0.4) is 0 Å². The minimum absolute atomic E-state index is 0. The molecule has 1 fully saturated rings. The highest BCUT2D eigenvalue weighted by Gasteiger charge is 2.29. The Hall–Kier alpha value is -1.05. The van der Waals surface area contributed by atoms with E-state index in [-0.39, 0.29) is 31.2 Å². The van der Waals surface area contributed by atoms with Crippen LogP contribution in [0, 0.1) is 0 Å². The van der Waals surface area contributed by atoms with Crippen LogP contribution in [0.5, 0.6) is 5.75 Å². The summed E-state index contributed by atoms with van der Waals surface area (Å²) in [6, 6.07) is 5.00. The van der Waals surface area contributed by atoms with E-state index >= 15 is 0 Å². The second kappa shape index (κ2) is 8.17. The maximum Gasteiger partial charge on any atom is 0.255 e. The first kappa shape index (κ1) is 18.3. The molecule has 1 aliphatic heterocycles. The summed E-state index contributed by atoms with van der Waals surface area (Å²) in [7, 11) is 0. The van der Waals surface area contributed by atoms with Crippen LogP contribution in [-0.4, -0.2) is 22.8 Å². The summed E-state index contributed by atoms with van der Waals surface area (Å²) in [6.07, 6.45) is 1.60. The lowest BCUT2D eigenvalue weighted by atomic mass is 10.2. The third kappa shape index (κ3) is 4.49. The van der Waals surface area contributed by atoms with Crippen molar-refractivity contribution in [1.29, 1.82) is 0 Å². The summed E-state index contributed by atoms with van der Waals surface area (Å²) in [4.78, 5) is 4.29. The van der Waals surface area contributed by atoms with Crippen molar-refractivity contribution in [3.05, 3.63) is 40.0 Å². The zero-order chi connectivity index (χ0) is 15.5. The maximum atomic E-state index is 6.03. The summed E-state index contributed by atoms with van der Waals surface area (Å²) < 4.78 is 16.5. The predicted octanol–water partition coefficient (Wildman–Crippen LogP) is 3.56. The number of hydrogen-bond donors (Lipinski definition) is 1. The molecule has 2 unspecified atom stereocenters. The number of hydrogen-bond acceptors (Lipinski definition) is 6. The lowest BCUT2D eigenvalue weighted by Crippen LogP contribution is -2.18. The Morgan fingerprint density at radius 2 is 2.13 bits per heavy atom. The second-order valence-electron chi connectivity index (χ2n) is 4.97. The van der Waals surface area contributed by atoms with Crippen LogP contribution in [0.1, 0.15) is 30.7 Å². The Morgan fingerprint density at radius 3 is 2.83 bits per heavy atom. The molecule has 1 aromatic carbocycles. The Labute approximate surface area is 149 Å². The number of aromatic nitrogens is 2. The summed E-state index contributed by atoms with van der Waals surface area (Å²) in [5, 5.41) is 4.86. The van der Waals surface area contributed by atoms with Crippen LogP contribution in [0.4, 0.5) is 0 Å². The first-order chi connectivity index (χ1) is 10.7. The molecule has 0 saturated carbocycles. The van der Waals surface area contributed by atoms with Crippen molar-refractivity contribution >= 4 is 35.6 Å². The second-order valence-corrected chi connectivity index (χ2v) is 5.82. The number of benzene rings is 1. The molecule has 126 valence electrons. The molecule has 1 saturated heterocycles. The van der Waals surface area contributed by atoms with Gasteiger partial charge in [0.05, 0.1) is 11.1 Å². The molecule has 0 bridgehead atoms. The van der Waals surface area contributed by atoms with Crippen LogP contribution in [-0.2, 0) is 11.3 Å². The molecular weight excluding hydrogens is 365 g/mol. The molecule has 2 N–H and O–H groups in total. The predicted molar refractivity (Wildman–Crippen MR) is 88.2 cm³/mol. The van der Waals surface area contributed by atoms with Gasteiger partial charge < -0.3 is 19.7 Å². The molecule has 2 atom stereocenters. The van der Waals surface area contributed by atoms with Gasteiger partial charge in [0.1, 0.15) is 11.9 Å². The fourth-order valence-electron chi connectivity index (χ4n) is 2.25. The van der Waals surface area contributed by atoms with Crippen LogP contribution in [0.25, 0.3) is 0 Å². The van der Waals surface area contributed by atoms with Gasteiger partial charge >= 0.3 is 0 Å². The van der Waals surface area contributed by atoms with Gasteiger partial charge in [-0.25, -0.2) is 0 Å². The minimum atomic E-state index is -0.186. The van der Waals surface area contributed by atoms with Crippen molar-refractivity contribution in [2.24, 2.45) is 5.73 Å². The highest BCUT2D eigenvalue weighted by Crippen LogP contribution is 2.31. The first-order valence-electron chi connectivity index (χ1n) is 6.91. The first-order valence-corrected chi connectivity index (χ1v) is 7.67. The molecule has 0 aliphatic carbocycles. The lowest BCUT2D eigenvalue weighted by molar-refractivity contribution is 0.0307. The molecule has 0 amide bonds. The molecule has 0 radical (unpaired) electrons. The summed E-state index contributed by atoms with van der Waals surface area (Å²) in [5.41, 5.74) is 5.58. The zero-order valence-electron chi connectivity index (χ0n) is 12.1. The van der Waals surface area contributed by atoms with Crippen molar-refractivity contribution in [2.75, 3.05) is 6.54 Å². The van der Waals surface area contributed by atoms with Gasteiger partial charge in [-0.1, -0.05) is 28.4 Å². The standard InChI is InChI=1S/C14H15Cl2N3O3.ClH/c15-8-1-3-11(10(16)5-8)20-7-13-18-14(22-19-13)12-4-2-9(6-17)21-12;/h1,3,5,9,12H,2,4,6-7,17H2;1H. The van der Waals surface area contributed by atoms with Gasteiger partial charge in [0, 0.05) is 11.6 Å². The lowest BCUT2D eigenvalue weighted by Gasteiger charge is -2.07. The molecule has 2 heterocycles. The third-order valence-electron chi connectivity index (χ3n) is 3.38. The SMILES string of the molecule is Cl.NCC1CCC(c2nc(COc3ccc(Cl)cc3Cl)no2)O1. The van der Waals surface area contributed by atoms with E-state index in [4.69, 9.17) is 42.9 Å². The van der Waals surface area contributed by atoms with Crippen LogP contribution < -0.4 is 10.5 Å². The fourth-order valence-corrected chi connectivity index (χ4v) is 2.72. The molecule has 6 nitrogen and oxygen atoms in total. The molecule has 0 spiro atoms. The van der Waals surface area contributed by atoms with Crippen LogP contribution >= 0.6 is 35.6 Å². The highest BCUT2D eigenvalue weighted by atomic mass is 35.5. The molecule has 9 heteroatoms. The Balaban J connectivity index is 0.00000192. The van der Waals surface area contributed by atoms with E-state index in [2.05, 4.69) is 10.1 Å². The van der Waals surface area contributed by atoms with E-state index in [9.17, 15) is 0 Å². The minimum Gasteiger partial charge on any atom is -0.484 e. The maximum absolute atomic E-state index is 6.03. The van der Waals surface area contributed by atoms with Crippen molar-refractivity contribution in [2.45, 2.75) is 31.7 Å². The summed E-state index contributed by atoms with van der Waals surface area (Å²) >= 11 is 11.9.